The largest absolute Gasteiger partial charge is 0.439 e. The Bertz CT molecular complexity index is 555. The molecule has 2 rings (SSSR count). The molecule has 3 nitrogen and oxygen atoms in total. The van der Waals surface area contributed by atoms with Gasteiger partial charge in [0.05, 0.1) is 0 Å². The van der Waals surface area contributed by atoms with Crippen molar-refractivity contribution in [3.63, 3.8) is 0 Å². The molecule has 1 aromatic carbocycles. The molecule has 0 saturated heterocycles. The number of nitrogens with zero attached hydrogens (tertiary/aromatic N) is 1. The van der Waals surface area contributed by atoms with Crippen molar-refractivity contribution in [2.75, 3.05) is 0 Å². The van der Waals surface area contributed by atoms with Gasteiger partial charge in [0.1, 0.15) is 5.75 Å². The Morgan fingerprint density at radius 1 is 1.29 bits per heavy atom. The molecule has 0 atom stereocenters. The van der Waals surface area contributed by atoms with E-state index in [1.807, 2.05) is 19.1 Å². The zero-order valence-electron chi connectivity index (χ0n) is 9.18. The quantitative estimate of drug-likeness (QED) is 0.809. The van der Waals surface area contributed by atoms with E-state index in [1.54, 1.807) is 24.3 Å². The summed E-state index contributed by atoms with van der Waals surface area (Å²) >= 11 is 3.29. The second-order valence-electron chi connectivity index (χ2n) is 3.52. The highest BCUT2D eigenvalue weighted by atomic mass is 79.9. The lowest BCUT2D eigenvalue weighted by Crippen LogP contribution is -1.91. The predicted octanol–water partition coefficient (Wildman–Crippen LogP) is 3.76. The van der Waals surface area contributed by atoms with Crippen molar-refractivity contribution in [2.45, 2.75) is 6.92 Å². The van der Waals surface area contributed by atoms with E-state index in [-0.39, 0.29) is 0 Å². The zero-order chi connectivity index (χ0) is 12.3. The molecule has 17 heavy (non-hydrogen) atoms. The average molecular weight is 292 g/mol. The number of carbonyl (C=O) groups is 1. The number of aryl methyl sites for hydroxylation is 1. The van der Waals surface area contributed by atoms with E-state index in [9.17, 15) is 4.79 Å². The molecule has 1 aromatic heterocycles. The topological polar surface area (TPSA) is 39.2 Å². The van der Waals surface area contributed by atoms with Crippen molar-refractivity contribution in [1.29, 1.82) is 0 Å². The Morgan fingerprint density at radius 3 is 2.82 bits per heavy atom. The molecular formula is C13H10BrNO2. The number of ether oxygens (including phenoxy) is 1. The summed E-state index contributed by atoms with van der Waals surface area (Å²) in [4.78, 5) is 15.0. The number of benzene rings is 1. The fraction of sp³-hybridized carbons (Fsp3) is 0.0769. The van der Waals surface area contributed by atoms with Crippen LogP contribution in [-0.2, 0) is 0 Å². The Morgan fingerprint density at radius 2 is 2.12 bits per heavy atom. The molecule has 2 aromatic rings. The van der Waals surface area contributed by atoms with Crippen molar-refractivity contribution in [3.8, 4) is 11.6 Å². The van der Waals surface area contributed by atoms with E-state index in [2.05, 4.69) is 20.9 Å². The van der Waals surface area contributed by atoms with E-state index in [1.165, 1.54) is 0 Å². The normalized spacial score (nSPS) is 10.0. The number of halogens is 1. The highest BCUT2D eigenvalue weighted by Gasteiger charge is 2.03. The molecule has 0 aliphatic rings. The minimum Gasteiger partial charge on any atom is -0.439 e. The summed E-state index contributed by atoms with van der Waals surface area (Å²) in [5.41, 5.74) is 1.44. The van der Waals surface area contributed by atoms with Crippen molar-refractivity contribution in [2.24, 2.45) is 0 Å². The van der Waals surface area contributed by atoms with Gasteiger partial charge in [0.2, 0.25) is 5.88 Å². The summed E-state index contributed by atoms with van der Waals surface area (Å²) in [6.45, 7) is 1.89. The van der Waals surface area contributed by atoms with Crippen LogP contribution < -0.4 is 4.74 Å². The highest BCUT2D eigenvalue weighted by molar-refractivity contribution is 9.10. The van der Waals surface area contributed by atoms with Crippen molar-refractivity contribution < 1.29 is 9.53 Å². The molecule has 0 N–H and O–H groups in total. The SMILES string of the molecule is Cc1cccc(Oc2ccc(Br)c(C=O)c2)n1. The zero-order valence-corrected chi connectivity index (χ0v) is 10.8. The molecule has 0 aliphatic heterocycles. The third-order valence-electron chi connectivity index (χ3n) is 2.18. The first kappa shape index (κ1) is 11.8. The number of hydrogen-bond acceptors (Lipinski definition) is 3. The number of rotatable bonds is 3. The summed E-state index contributed by atoms with van der Waals surface area (Å²) in [6.07, 6.45) is 0.778. The van der Waals surface area contributed by atoms with Crippen molar-refractivity contribution in [3.05, 3.63) is 52.1 Å². The third kappa shape index (κ3) is 2.91. The first-order valence-electron chi connectivity index (χ1n) is 5.05. The summed E-state index contributed by atoms with van der Waals surface area (Å²) < 4.78 is 6.31. The van der Waals surface area contributed by atoms with Crippen LogP contribution in [0.1, 0.15) is 16.1 Å². The average Bonchev–Trinajstić information content (AvgIpc) is 2.32. The number of hydrogen-bond donors (Lipinski definition) is 0. The van der Waals surface area contributed by atoms with Gasteiger partial charge in [-0.15, -0.1) is 0 Å². The van der Waals surface area contributed by atoms with Crippen LogP contribution in [0.4, 0.5) is 0 Å². The van der Waals surface area contributed by atoms with Gasteiger partial charge in [-0.05, 0) is 31.2 Å². The van der Waals surface area contributed by atoms with Crippen LogP contribution in [0.5, 0.6) is 11.6 Å². The summed E-state index contributed by atoms with van der Waals surface area (Å²) in [5, 5.41) is 0. The molecule has 0 saturated carbocycles. The van der Waals surface area contributed by atoms with Crippen LogP contribution >= 0.6 is 15.9 Å². The van der Waals surface area contributed by atoms with E-state index in [0.717, 1.165) is 16.5 Å². The van der Waals surface area contributed by atoms with E-state index >= 15 is 0 Å². The predicted molar refractivity (Wildman–Crippen MR) is 68.6 cm³/mol. The lowest BCUT2D eigenvalue weighted by atomic mass is 10.2. The minimum absolute atomic E-state index is 0.518. The number of carbonyl (C=O) groups excluding carboxylic acids is 1. The van der Waals surface area contributed by atoms with Gasteiger partial charge >= 0.3 is 0 Å². The maximum absolute atomic E-state index is 10.8. The summed E-state index contributed by atoms with van der Waals surface area (Å²) in [6, 6.07) is 10.8. The molecule has 0 unspecified atom stereocenters. The van der Waals surface area contributed by atoms with Gasteiger partial charge in [-0.2, -0.15) is 0 Å². The van der Waals surface area contributed by atoms with Gasteiger partial charge in [0.15, 0.2) is 6.29 Å². The molecular weight excluding hydrogens is 282 g/mol. The van der Waals surface area contributed by atoms with Gasteiger partial charge in [0, 0.05) is 21.8 Å². The van der Waals surface area contributed by atoms with E-state index < -0.39 is 0 Å². The molecule has 0 fully saturated rings. The van der Waals surface area contributed by atoms with Crippen molar-refractivity contribution >= 4 is 22.2 Å². The van der Waals surface area contributed by atoms with E-state index in [4.69, 9.17) is 4.74 Å². The van der Waals surface area contributed by atoms with Crippen molar-refractivity contribution in [1.82, 2.24) is 4.98 Å². The summed E-state index contributed by atoms with van der Waals surface area (Å²) in [7, 11) is 0. The Hall–Kier alpha value is -1.68. The molecule has 0 bridgehead atoms. The highest BCUT2D eigenvalue weighted by Crippen LogP contribution is 2.24. The number of aldehydes is 1. The molecule has 0 amide bonds. The number of pyridine rings is 1. The lowest BCUT2D eigenvalue weighted by Gasteiger charge is -2.06. The Kier molecular flexibility index (Phi) is 3.54. The van der Waals surface area contributed by atoms with Gasteiger partial charge in [0.25, 0.3) is 0 Å². The maximum Gasteiger partial charge on any atom is 0.219 e. The fourth-order valence-corrected chi connectivity index (χ4v) is 1.71. The first-order chi connectivity index (χ1) is 8.19. The summed E-state index contributed by atoms with van der Waals surface area (Å²) in [5.74, 6) is 1.11. The molecule has 4 heteroatoms. The maximum atomic E-state index is 10.8. The van der Waals surface area contributed by atoms with Crippen LogP contribution in [0.15, 0.2) is 40.9 Å². The second-order valence-corrected chi connectivity index (χ2v) is 4.37. The monoisotopic (exact) mass is 291 g/mol. The Labute approximate surface area is 108 Å². The molecule has 86 valence electrons. The first-order valence-corrected chi connectivity index (χ1v) is 5.84. The van der Waals surface area contributed by atoms with Crippen LogP contribution in [0.3, 0.4) is 0 Å². The molecule has 0 spiro atoms. The van der Waals surface area contributed by atoms with E-state index in [0.29, 0.717) is 17.2 Å². The third-order valence-corrected chi connectivity index (χ3v) is 2.90. The van der Waals surface area contributed by atoms with Gasteiger partial charge in [-0.1, -0.05) is 22.0 Å². The van der Waals surface area contributed by atoms with Crippen LogP contribution in [-0.4, -0.2) is 11.3 Å². The number of aromatic nitrogens is 1. The molecule has 0 aliphatic carbocycles. The lowest BCUT2D eigenvalue weighted by molar-refractivity contribution is 0.112. The minimum atomic E-state index is 0.518. The smallest absolute Gasteiger partial charge is 0.219 e. The van der Waals surface area contributed by atoms with Gasteiger partial charge in [-0.25, -0.2) is 4.98 Å². The van der Waals surface area contributed by atoms with Crippen LogP contribution in [0.2, 0.25) is 0 Å². The van der Waals surface area contributed by atoms with Gasteiger partial charge < -0.3 is 4.74 Å². The second kappa shape index (κ2) is 5.10. The molecule has 0 radical (unpaired) electrons. The van der Waals surface area contributed by atoms with Crippen LogP contribution in [0, 0.1) is 6.92 Å². The standard InChI is InChI=1S/C13H10BrNO2/c1-9-3-2-4-13(15-9)17-11-5-6-12(14)10(7-11)8-16/h2-8H,1H3. The van der Waals surface area contributed by atoms with Gasteiger partial charge in [-0.3, -0.25) is 4.79 Å². The Balaban J connectivity index is 2.27. The molecule has 1 heterocycles. The fourth-order valence-electron chi connectivity index (χ4n) is 1.37. The van der Waals surface area contributed by atoms with Crippen LogP contribution in [0.25, 0.3) is 0 Å².